The van der Waals surface area contributed by atoms with Crippen molar-refractivity contribution in [3.8, 4) is 0 Å². The van der Waals surface area contributed by atoms with Gasteiger partial charge in [0.05, 0.1) is 0 Å². The number of benzene rings is 2. The minimum Gasteiger partial charge on any atom is -0.480 e. The highest BCUT2D eigenvalue weighted by atomic mass is 16.4. The van der Waals surface area contributed by atoms with Gasteiger partial charge in [-0.3, -0.25) is 14.4 Å². The number of carbonyl (C=O) groups is 4. The lowest BCUT2D eigenvalue weighted by molar-refractivity contribution is -0.152. The molecule has 0 unspecified atom stereocenters. The fourth-order valence-electron chi connectivity index (χ4n) is 5.50. The topological polar surface area (TPSA) is 133 Å². The van der Waals surface area contributed by atoms with Crippen LogP contribution in [0.4, 0.5) is 0 Å². The smallest absolute Gasteiger partial charge is 0.326 e. The molecule has 9 heteroatoms. The van der Waals surface area contributed by atoms with Crippen LogP contribution >= 0.6 is 0 Å². The number of carboxylic acids is 1. The van der Waals surface area contributed by atoms with Crippen LogP contribution in [-0.2, 0) is 32.0 Å². The van der Waals surface area contributed by atoms with Crippen LogP contribution in [0.1, 0.15) is 43.2 Å². The van der Waals surface area contributed by atoms with Gasteiger partial charge in [-0.05, 0) is 43.2 Å². The average molecular weight is 521 g/mol. The van der Waals surface area contributed by atoms with Crippen LogP contribution in [0.5, 0.6) is 0 Å². The Morgan fingerprint density at radius 1 is 0.842 bits per heavy atom. The van der Waals surface area contributed by atoms with E-state index in [2.05, 4.69) is 5.32 Å². The first-order chi connectivity index (χ1) is 18.3. The molecule has 202 valence electrons. The standard InChI is InChI=1S/C29H36N4O5/c30-22(17-20-9-3-1-4-10-20)19-26(34)31-23(18-21-11-5-2-6-12-21)27(35)32-15-7-13-24(32)28(36)33-16-8-14-25(33)29(37)38/h1-6,9-12,22-25H,7-8,13-19,30H2,(H,31,34)(H,37,38)/t22-,23-,24-,25-/m0/s1. The van der Waals surface area contributed by atoms with Crippen molar-refractivity contribution in [2.24, 2.45) is 5.73 Å². The zero-order chi connectivity index (χ0) is 27.1. The molecular weight excluding hydrogens is 484 g/mol. The lowest BCUT2D eigenvalue weighted by Crippen LogP contribution is -2.56. The molecule has 4 rings (SSSR count). The minimum absolute atomic E-state index is 0.0594. The van der Waals surface area contributed by atoms with Gasteiger partial charge in [0.15, 0.2) is 0 Å². The molecule has 0 aromatic heterocycles. The number of nitrogens with zero attached hydrogens (tertiary/aromatic N) is 2. The van der Waals surface area contributed by atoms with Crippen molar-refractivity contribution in [1.29, 1.82) is 0 Å². The Labute approximate surface area is 223 Å². The number of aliphatic carboxylic acids is 1. The van der Waals surface area contributed by atoms with E-state index in [0.717, 1.165) is 11.1 Å². The number of nitrogens with one attached hydrogen (secondary N) is 1. The summed E-state index contributed by atoms with van der Waals surface area (Å²) in [6, 6.07) is 16.2. The monoisotopic (exact) mass is 520 g/mol. The van der Waals surface area contributed by atoms with Gasteiger partial charge in [-0.1, -0.05) is 60.7 Å². The summed E-state index contributed by atoms with van der Waals surface area (Å²) in [7, 11) is 0. The number of hydrogen-bond donors (Lipinski definition) is 3. The summed E-state index contributed by atoms with van der Waals surface area (Å²) in [6.45, 7) is 0.757. The number of amides is 3. The van der Waals surface area contributed by atoms with Crippen molar-refractivity contribution in [3.05, 3.63) is 71.8 Å². The van der Waals surface area contributed by atoms with Crippen molar-refractivity contribution >= 4 is 23.7 Å². The molecule has 4 atom stereocenters. The van der Waals surface area contributed by atoms with Gasteiger partial charge in [0.2, 0.25) is 17.7 Å². The van der Waals surface area contributed by atoms with Gasteiger partial charge in [-0.15, -0.1) is 0 Å². The Bertz CT molecular complexity index is 1130. The average Bonchev–Trinajstić information content (AvgIpc) is 3.59. The number of nitrogens with two attached hydrogens (primary N) is 1. The maximum Gasteiger partial charge on any atom is 0.326 e. The molecule has 2 aliphatic rings. The molecule has 2 aromatic carbocycles. The molecule has 38 heavy (non-hydrogen) atoms. The fraction of sp³-hybridized carbons (Fsp3) is 0.448. The Kier molecular flexibility index (Phi) is 9.12. The quantitative estimate of drug-likeness (QED) is 0.437. The van der Waals surface area contributed by atoms with Gasteiger partial charge in [0.25, 0.3) is 0 Å². The normalized spacial score (nSPS) is 20.7. The van der Waals surface area contributed by atoms with E-state index in [9.17, 15) is 24.3 Å². The van der Waals surface area contributed by atoms with E-state index in [1.165, 1.54) is 9.80 Å². The van der Waals surface area contributed by atoms with Gasteiger partial charge in [-0.25, -0.2) is 4.79 Å². The van der Waals surface area contributed by atoms with Crippen molar-refractivity contribution in [1.82, 2.24) is 15.1 Å². The SMILES string of the molecule is N[C@H](CC(=O)N[C@@H](Cc1ccccc1)C(=O)N1CCC[C@H]1C(=O)N1CCC[C@H]1C(=O)O)Cc1ccccc1. The maximum atomic E-state index is 13.8. The molecular formula is C29H36N4O5. The zero-order valence-corrected chi connectivity index (χ0v) is 21.5. The first-order valence-corrected chi connectivity index (χ1v) is 13.3. The zero-order valence-electron chi connectivity index (χ0n) is 21.5. The van der Waals surface area contributed by atoms with E-state index in [1.54, 1.807) is 0 Å². The van der Waals surface area contributed by atoms with Crippen LogP contribution in [0, 0.1) is 0 Å². The van der Waals surface area contributed by atoms with Gasteiger partial charge < -0.3 is 26.0 Å². The number of hydrogen-bond acceptors (Lipinski definition) is 5. The molecule has 0 spiro atoms. The Morgan fingerprint density at radius 3 is 2.00 bits per heavy atom. The van der Waals surface area contributed by atoms with Crippen LogP contribution in [0.2, 0.25) is 0 Å². The molecule has 9 nitrogen and oxygen atoms in total. The second-order valence-corrected chi connectivity index (χ2v) is 10.2. The predicted octanol–water partition coefficient (Wildman–Crippen LogP) is 1.74. The summed E-state index contributed by atoms with van der Waals surface area (Å²) in [5.41, 5.74) is 8.16. The lowest BCUT2D eigenvalue weighted by Gasteiger charge is -2.32. The van der Waals surface area contributed by atoms with E-state index < -0.39 is 30.1 Å². The molecule has 2 heterocycles. The number of likely N-dealkylation sites (tertiary alicyclic amines) is 2. The highest BCUT2D eigenvalue weighted by Crippen LogP contribution is 2.26. The van der Waals surface area contributed by atoms with Crippen molar-refractivity contribution in [2.45, 2.75) is 69.1 Å². The predicted molar refractivity (Wildman–Crippen MR) is 142 cm³/mol. The van der Waals surface area contributed by atoms with Crippen LogP contribution in [0.3, 0.4) is 0 Å². The van der Waals surface area contributed by atoms with E-state index in [0.29, 0.717) is 45.2 Å². The lowest BCUT2D eigenvalue weighted by atomic mass is 10.0. The second-order valence-electron chi connectivity index (χ2n) is 10.2. The van der Waals surface area contributed by atoms with Crippen LogP contribution < -0.4 is 11.1 Å². The number of rotatable bonds is 10. The van der Waals surface area contributed by atoms with E-state index in [-0.39, 0.29) is 30.6 Å². The highest BCUT2D eigenvalue weighted by Gasteiger charge is 2.43. The first-order valence-electron chi connectivity index (χ1n) is 13.3. The molecule has 4 N–H and O–H groups in total. The van der Waals surface area contributed by atoms with Gasteiger partial charge in [0.1, 0.15) is 18.1 Å². The summed E-state index contributed by atoms with van der Waals surface area (Å²) < 4.78 is 0. The van der Waals surface area contributed by atoms with Gasteiger partial charge in [-0.2, -0.15) is 0 Å². The fourth-order valence-corrected chi connectivity index (χ4v) is 5.50. The Hall–Kier alpha value is -3.72. The largest absolute Gasteiger partial charge is 0.480 e. The summed E-state index contributed by atoms with van der Waals surface area (Å²) in [6.07, 6.45) is 3.02. The Balaban J connectivity index is 1.46. The minimum atomic E-state index is -1.02. The molecule has 0 aliphatic carbocycles. The van der Waals surface area contributed by atoms with E-state index in [4.69, 9.17) is 5.73 Å². The summed E-state index contributed by atoms with van der Waals surface area (Å²) in [5, 5.41) is 12.4. The highest BCUT2D eigenvalue weighted by molar-refractivity contribution is 5.94. The molecule has 3 amide bonds. The van der Waals surface area contributed by atoms with Crippen molar-refractivity contribution in [2.75, 3.05) is 13.1 Å². The summed E-state index contributed by atoms with van der Waals surface area (Å²) in [5.74, 6) is -2.00. The third-order valence-electron chi connectivity index (χ3n) is 7.35. The molecule has 0 radical (unpaired) electrons. The van der Waals surface area contributed by atoms with Crippen LogP contribution in [0.25, 0.3) is 0 Å². The third kappa shape index (κ3) is 6.77. The van der Waals surface area contributed by atoms with Crippen LogP contribution in [-0.4, -0.2) is 75.9 Å². The van der Waals surface area contributed by atoms with Crippen molar-refractivity contribution < 1.29 is 24.3 Å². The van der Waals surface area contributed by atoms with Gasteiger partial charge in [0, 0.05) is 32.0 Å². The summed E-state index contributed by atoms with van der Waals surface area (Å²) >= 11 is 0. The third-order valence-corrected chi connectivity index (χ3v) is 7.35. The second kappa shape index (κ2) is 12.7. The van der Waals surface area contributed by atoms with E-state index >= 15 is 0 Å². The van der Waals surface area contributed by atoms with Crippen LogP contribution in [0.15, 0.2) is 60.7 Å². The van der Waals surface area contributed by atoms with E-state index in [1.807, 2.05) is 60.7 Å². The van der Waals surface area contributed by atoms with Gasteiger partial charge >= 0.3 is 5.97 Å². The molecule has 0 saturated carbocycles. The Morgan fingerprint density at radius 2 is 1.39 bits per heavy atom. The number of carbonyl (C=O) groups excluding carboxylic acids is 3. The molecule has 2 saturated heterocycles. The van der Waals surface area contributed by atoms with Crippen molar-refractivity contribution in [3.63, 3.8) is 0 Å². The molecule has 2 aliphatic heterocycles. The molecule has 2 aromatic rings. The maximum absolute atomic E-state index is 13.8. The summed E-state index contributed by atoms with van der Waals surface area (Å²) in [4.78, 5) is 54.7. The first kappa shape index (κ1) is 27.3. The molecule has 0 bridgehead atoms. The number of carboxylic acid groups (broad SMARTS) is 1. The molecule has 2 fully saturated rings.